The fourth-order valence-corrected chi connectivity index (χ4v) is 10.3. The Kier molecular flexibility index (Phi) is 15.0. The number of fused-ring (bicyclic) bond motifs is 5. The molecule has 13 heterocycles. The van der Waals surface area contributed by atoms with Crippen molar-refractivity contribution >= 4 is 44.1 Å². The average Bonchev–Trinajstić information content (AvgIpc) is 3.97. The molecule has 8 heteroatoms. The minimum absolute atomic E-state index is 0. The van der Waals surface area contributed by atoms with Gasteiger partial charge in [0.25, 0.3) is 0 Å². The Morgan fingerprint density at radius 2 is 0.914 bits per heavy atom. The predicted molar refractivity (Wildman–Crippen MR) is 278 cm³/mol. The molecule has 3 aromatic carbocycles. The van der Waals surface area contributed by atoms with E-state index in [-0.39, 0.29) is 20.1 Å². The number of pyridine rings is 5. The maximum Gasteiger partial charge on any atom is 3.00 e. The van der Waals surface area contributed by atoms with E-state index in [1.54, 1.807) is 6.20 Å². The zero-order valence-electron chi connectivity index (χ0n) is 40.1. The van der Waals surface area contributed by atoms with E-state index in [1.807, 2.05) is 31.6 Å². The largest absolute Gasteiger partial charge is 3.00 e. The van der Waals surface area contributed by atoms with Crippen molar-refractivity contribution in [2.75, 3.05) is 0 Å². The van der Waals surface area contributed by atoms with Crippen molar-refractivity contribution in [2.24, 2.45) is 0 Å². The summed E-state index contributed by atoms with van der Waals surface area (Å²) >= 11 is 0. The molecule has 0 spiro atoms. The van der Waals surface area contributed by atoms with E-state index in [0.717, 1.165) is 162 Å². The van der Waals surface area contributed by atoms with Crippen LogP contribution in [0.2, 0.25) is 0 Å². The molecule has 9 aliphatic rings. The molecule has 0 saturated carbocycles. The SMILES string of the molecule is Cc1ccc2c(n1)oc1c3[c-]cc(c12)CCCCCCc1ccc(nc1)-c1[c-]cc(c2c1oc1ncccc12)CCCCCCc1ccc(nc1)-c1[c-]cc(cc1)CCCCCCc1ccc-3nc1.[Ir+3]. The minimum Gasteiger partial charge on any atom is -0.486 e. The topological polar surface area (TPSA) is 90.7 Å². The average molecular weight is 1100 g/mol. The molecule has 12 bridgehead atoms. The van der Waals surface area contributed by atoms with Crippen molar-refractivity contribution in [1.29, 1.82) is 0 Å². The minimum atomic E-state index is 0. The van der Waals surface area contributed by atoms with Crippen molar-refractivity contribution < 1.29 is 28.9 Å². The van der Waals surface area contributed by atoms with Gasteiger partial charge in [-0.25, -0.2) is 9.97 Å². The van der Waals surface area contributed by atoms with Gasteiger partial charge in [-0.1, -0.05) is 135 Å². The van der Waals surface area contributed by atoms with Crippen molar-refractivity contribution in [2.45, 2.75) is 122 Å². The summed E-state index contributed by atoms with van der Waals surface area (Å²) in [6.07, 6.45) is 27.8. The van der Waals surface area contributed by atoms with Crippen LogP contribution < -0.4 is 0 Å². The first kappa shape index (κ1) is 47.3. The van der Waals surface area contributed by atoms with Crippen LogP contribution in [0.5, 0.6) is 0 Å². The third-order valence-corrected chi connectivity index (χ3v) is 14.2. The summed E-state index contributed by atoms with van der Waals surface area (Å²) in [6.45, 7) is 2.01. The summed E-state index contributed by atoms with van der Waals surface area (Å²) < 4.78 is 13.0. The number of hydrogen-bond acceptors (Lipinski definition) is 7. The van der Waals surface area contributed by atoms with Gasteiger partial charge in [-0.05, 0) is 103 Å². The fraction of sp³-hybridized carbons (Fsp3) is 0.306. The zero-order valence-corrected chi connectivity index (χ0v) is 42.5. The van der Waals surface area contributed by atoms with Crippen molar-refractivity contribution in [3.63, 3.8) is 0 Å². The summed E-state index contributed by atoms with van der Waals surface area (Å²) in [6, 6.07) is 43.0. The van der Waals surface area contributed by atoms with Crippen LogP contribution in [-0.2, 0) is 58.6 Å². The van der Waals surface area contributed by atoms with Crippen molar-refractivity contribution in [1.82, 2.24) is 24.9 Å². The maximum absolute atomic E-state index is 6.54. The smallest absolute Gasteiger partial charge is 0.486 e. The summed E-state index contributed by atoms with van der Waals surface area (Å²) in [4.78, 5) is 24.1. The maximum atomic E-state index is 6.54. The van der Waals surface area contributed by atoms with Crippen LogP contribution in [0.4, 0.5) is 0 Å². The molecule has 0 N–H and O–H groups in total. The molecule has 70 heavy (non-hydrogen) atoms. The number of rotatable bonds is 0. The Morgan fingerprint density at radius 3 is 1.43 bits per heavy atom. The molecule has 0 saturated heterocycles. The van der Waals surface area contributed by atoms with E-state index in [2.05, 4.69) is 108 Å². The number of furan rings is 2. The first-order valence-electron chi connectivity index (χ1n) is 25.4. The van der Waals surface area contributed by atoms with Gasteiger partial charge in [-0.15, -0.1) is 70.8 Å². The molecule has 7 aromatic heterocycles. The number of benzene rings is 3. The second-order valence-electron chi connectivity index (χ2n) is 19.2. The zero-order chi connectivity index (χ0) is 46.4. The number of aromatic nitrogens is 5. The van der Waals surface area contributed by atoms with Gasteiger partial charge in [0.1, 0.15) is 0 Å². The Hall–Kier alpha value is -6.34. The molecule has 10 aromatic rings. The van der Waals surface area contributed by atoms with Gasteiger partial charge in [0.05, 0.1) is 11.2 Å². The number of nitrogens with zero attached hydrogens (tertiary/aromatic N) is 5. The second kappa shape index (κ2) is 22.2. The molecular formula is C62H58IrN5O2. The fourth-order valence-electron chi connectivity index (χ4n) is 10.3. The quantitative estimate of drug-likeness (QED) is 0.140. The Balaban J connectivity index is 0.00000567. The second-order valence-corrected chi connectivity index (χ2v) is 19.2. The van der Waals surface area contributed by atoms with E-state index in [9.17, 15) is 0 Å². The number of hydrogen-bond donors (Lipinski definition) is 0. The molecule has 6 aliphatic heterocycles. The molecule has 0 amide bonds. The van der Waals surface area contributed by atoms with Gasteiger partial charge in [0, 0.05) is 41.3 Å². The first-order valence-corrected chi connectivity index (χ1v) is 25.4. The third-order valence-electron chi connectivity index (χ3n) is 14.2. The molecule has 0 atom stereocenters. The van der Waals surface area contributed by atoms with Crippen LogP contribution in [-0.4, -0.2) is 24.9 Å². The van der Waals surface area contributed by atoms with Gasteiger partial charge >= 0.3 is 20.1 Å². The monoisotopic (exact) mass is 1100 g/mol. The van der Waals surface area contributed by atoms with Crippen LogP contribution in [0.1, 0.15) is 116 Å². The molecule has 3 aliphatic carbocycles. The normalized spacial score (nSPS) is 14.9. The van der Waals surface area contributed by atoms with Gasteiger partial charge < -0.3 is 23.8 Å². The summed E-state index contributed by atoms with van der Waals surface area (Å²) in [7, 11) is 0. The molecule has 7 nitrogen and oxygen atoms in total. The molecule has 0 radical (unpaired) electrons. The first-order chi connectivity index (χ1) is 34.1. The molecule has 352 valence electrons. The molecular weight excluding hydrogens is 1040 g/mol. The van der Waals surface area contributed by atoms with Crippen LogP contribution in [0, 0.1) is 25.1 Å². The van der Waals surface area contributed by atoms with Crippen LogP contribution in [0.25, 0.3) is 77.9 Å². The molecule has 0 fully saturated rings. The Labute approximate surface area is 425 Å². The van der Waals surface area contributed by atoms with Crippen LogP contribution >= 0.6 is 0 Å². The van der Waals surface area contributed by atoms with Crippen molar-refractivity contribution in [3.05, 3.63) is 173 Å². The van der Waals surface area contributed by atoms with Crippen LogP contribution in [0.3, 0.4) is 0 Å². The van der Waals surface area contributed by atoms with Gasteiger partial charge in [0.15, 0.2) is 0 Å². The Morgan fingerprint density at radius 1 is 0.429 bits per heavy atom. The van der Waals surface area contributed by atoms with Crippen LogP contribution in [0.15, 0.2) is 125 Å². The van der Waals surface area contributed by atoms with Gasteiger partial charge in [-0.2, -0.15) is 0 Å². The summed E-state index contributed by atoms with van der Waals surface area (Å²) in [5, 5.41) is 4.39. The summed E-state index contributed by atoms with van der Waals surface area (Å²) in [5.41, 5.74) is 17.2. The Bertz CT molecular complexity index is 3340. The van der Waals surface area contributed by atoms with E-state index in [0.29, 0.717) is 11.4 Å². The van der Waals surface area contributed by atoms with E-state index >= 15 is 0 Å². The van der Waals surface area contributed by atoms with Crippen molar-refractivity contribution in [3.8, 4) is 33.8 Å². The van der Waals surface area contributed by atoms with E-state index < -0.39 is 0 Å². The summed E-state index contributed by atoms with van der Waals surface area (Å²) in [5.74, 6) is 0. The van der Waals surface area contributed by atoms with Gasteiger partial charge in [-0.3, -0.25) is 0 Å². The molecule has 0 unspecified atom stereocenters. The third kappa shape index (κ3) is 10.5. The molecule has 19 rings (SSSR count). The predicted octanol–water partition coefficient (Wildman–Crippen LogP) is 15.5. The van der Waals surface area contributed by atoms with E-state index in [1.165, 1.54) is 59.1 Å². The van der Waals surface area contributed by atoms with E-state index in [4.69, 9.17) is 28.8 Å². The van der Waals surface area contributed by atoms with Gasteiger partial charge in [0.2, 0.25) is 11.4 Å². The standard InChI is InChI=1S/C62H58N5O2.Ir/c1-42-22-32-53-58-49-20-13-7-5-11-18-46-26-36-55(65-40-46)50-33-30-48(57-52-21-14-38-63-61(52)68-59(50)57)19-12-6-4-10-16-44-25-35-54(64-39-44)47-28-23-43(24-29-47)15-8-2-3-9-17-45-27-37-56(66-41-45)51(34-31-49)60(58)69-62(53)67-42;/h14,21-28,30-32,35-41H,2-13,15-20H2,1H3;/q-3;+3. The number of aryl methyl sites for hydroxylation is 7.